The molecule has 0 unspecified atom stereocenters. The van der Waals surface area contributed by atoms with Gasteiger partial charge >= 0.3 is 37.7 Å². The first-order valence-electron chi connectivity index (χ1n) is 16.2. The van der Waals surface area contributed by atoms with Gasteiger partial charge in [-0.25, -0.2) is 16.8 Å². The first-order chi connectivity index (χ1) is 26.5. The zero-order valence-electron chi connectivity index (χ0n) is 29.8. The van der Waals surface area contributed by atoms with Gasteiger partial charge in [0.2, 0.25) is 0 Å². The quantitative estimate of drug-likeness (QED) is 0.0433. The number of hydrogen-bond acceptors (Lipinski definition) is 16. The summed E-state index contributed by atoms with van der Waals surface area (Å²) in [5.41, 5.74) is -0.188. The van der Waals surface area contributed by atoms with Crippen LogP contribution >= 0.6 is 0 Å². The second-order valence-electron chi connectivity index (χ2n) is 11.7. The minimum atomic E-state index is -4.85. The summed E-state index contributed by atoms with van der Waals surface area (Å²) in [6, 6.07) is 22.6. The Hall–Kier alpha value is -5.48. The molecule has 288 valence electrons. The van der Waals surface area contributed by atoms with Crippen molar-refractivity contribution in [1.29, 1.82) is 0 Å². The van der Waals surface area contributed by atoms with E-state index < -0.39 is 51.4 Å². The van der Waals surface area contributed by atoms with Crippen LogP contribution in [0.3, 0.4) is 0 Å². The molecule has 0 spiro atoms. The monoisotopic (exact) mass is 840 g/mol. The summed E-state index contributed by atoms with van der Waals surface area (Å²) in [6.45, 7) is 3.51. The van der Waals surface area contributed by atoms with Gasteiger partial charge < -0.3 is 19.3 Å². The summed E-state index contributed by atoms with van der Waals surface area (Å²) < 4.78 is 69.7. The standard InChI is InChI=1S/2C18H15N3O6S.Ca/c2*1-2-11-5-3-7-13(18(11)21(23)24)19-20-17-14(22)10-9-12-6-4-8-15(16(12)17)28(25,26)27;/h2*3-10,22H,2H2,1H3,(H,25,26,27);/q;;+2/p-2. The number of azo groups is 2. The van der Waals surface area contributed by atoms with Crippen LogP contribution in [-0.2, 0) is 33.1 Å². The zero-order valence-corrected chi connectivity index (χ0v) is 33.7. The van der Waals surface area contributed by atoms with E-state index in [9.17, 15) is 56.4 Å². The minimum absolute atomic E-state index is 0. The van der Waals surface area contributed by atoms with Gasteiger partial charge in [-0.1, -0.05) is 74.5 Å². The van der Waals surface area contributed by atoms with Crippen LogP contribution < -0.4 is 0 Å². The van der Waals surface area contributed by atoms with Crippen LogP contribution in [0.2, 0.25) is 0 Å². The molecule has 2 N–H and O–H groups in total. The van der Waals surface area contributed by atoms with E-state index in [-0.39, 0.29) is 82.6 Å². The molecular weight excluding hydrogens is 813 g/mol. The molecule has 0 aromatic heterocycles. The number of nitro benzene ring substituents is 2. The molecule has 0 saturated carbocycles. The van der Waals surface area contributed by atoms with Gasteiger partial charge in [-0.15, -0.1) is 20.5 Å². The summed E-state index contributed by atoms with van der Waals surface area (Å²) in [5.74, 6) is -0.830. The van der Waals surface area contributed by atoms with E-state index in [1.165, 1.54) is 48.5 Å². The number of nitrogens with zero attached hydrogens (tertiary/aromatic N) is 6. The smallest absolute Gasteiger partial charge is 0.744 e. The summed E-state index contributed by atoms with van der Waals surface area (Å²) >= 11 is 0. The topological polar surface area (TPSA) is 291 Å². The number of phenolic OH excluding ortho intramolecular Hbond substituents is 2. The second-order valence-corrected chi connectivity index (χ2v) is 14.4. The van der Waals surface area contributed by atoms with Crippen molar-refractivity contribution < 1.29 is 46.0 Å². The number of benzene rings is 6. The van der Waals surface area contributed by atoms with E-state index in [1.54, 1.807) is 50.2 Å². The Labute approximate surface area is 354 Å². The van der Waals surface area contributed by atoms with Crippen LogP contribution in [0.4, 0.5) is 34.1 Å². The maximum absolute atomic E-state index is 11.6. The first kappa shape index (κ1) is 44.2. The second kappa shape index (κ2) is 18.2. The Kier molecular flexibility index (Phi) is 14.1. The number of phenols is 2. The summed E-state index contributed by atoms with van der Waals surface area (Å²) in [7, 11) is -9.71. The molecule has 0 heterocycles. The number of para-hydroxylation sites is 2. The number of fused-ring (bicyclic) bond motifs is 2. The Morgan fingerprint density at radius 1 is 0.544 bits per heavy atom. The van der Waals surface area contributed by atoms with E-state index in [4.69, 9.17) is 0 Å². The zero-order chi connectivity index (χ0) is 40.9. The van der Waals surface area contributed by atoms with Crippen molar-refractivity contribution in [3.05, 3.63) is 128 Å². The van der Waals surface area contributed by atoms with Gasteiger partial charge in [0.05, 0.1) is 19.6 Å². The van der Waals surface area contributed by atoms with E-state index in [1.807, 2.05) is 0 Å². The summed E-state index contributed by atoms with van der Waals surface area (Å²) in [5, 5.41) is 59.1. The van der Waals surface area contributed by atoms with Gasteiger partial charge in [0.1, 0.15) is 43.1 Å². The molecule has 0 bridgehead atoms. The van der Waals surface area contributed by atoms with Crippen molar-refractivity contribution in [2.75, 3.05) is 0 Å². The molecule has 0 fully saturated rings. The van der Waals surface area contributed by atoms with Gasteiger partial charge in [-0.2, -0.15) is 0 Å². The van der Waals surface area contributed by atoms with Crippen molar-refractivity contribution >= 4 is 114 Å². The third-order valence-electron chi connectivity index (χ3n) is 8.29. The normalized spacial score (nSPS) is 11.7. The maximum Gasteiger partial charge on any atom is 2.00 e. The molecule has 0 radical (unpaired) electrons. The van der Waals surface area contributed by atoms with Crippen LogP contribution in [0, 0.1) is 20.2 Å². The van der Waals surface area contributed by atoms with Gasteiger partial charge in [-0.3, -0.25) is 20.2 Å². The van der Waals surface area contributed by atoms with Crippen LogP contribution in [0.15, 0.2) is 127 Å². The SMILES string of the molecule is CCc1cccc(N=Nc2c(O)ccc3cccc(S(=O)(=O)[O-])c23)c1[N+](=O)[O-].CCc1cccc(N=Nc2c(O)ccc3cccc(S(=O)(=O)[O-])c23)c1[N+](=O)[O-].[Ca+2]. The molecule has 6 aromatic carbocycles. The van der Waals surface area contributed by atoms with Gasteiger partial charge in [0.25, 0.3) is 11.4 Å². The molecule has 0 aliphatic carbocycles. The Balaban J connectivity index is 0.000000248. The van der Waals surface area contributed by atoms with Crippen molar-refractivity contribution in [2.45, 2.75) is 36.5 Å². The Morgan fingerprint density at radius 3 is 1.21 bits per heavy atom. The van der Waals surface area contributed by atoms with Gasteiger partial charge in [0, 0.05) is 21.9 Å². The number of aryl methyl sites for hydroxylation is 2. The van der Waals surface area contributed by atoms with E-state index in [0.717, 1.165) is 12.1 Å². The third kappa shape index (κ3) is 9.74. The molecule has 0 aliphatic rings. The van der Waals surface area contributed by atoms with Crippen molar-refractivity contribution in [3.63, 3.8) is 0 Å². The largest absolute Gasteiger partial charge is 2.00 e. The van der Waals surface area contributed by atoms with Crippen LogP contribution in [0.25, 0.3) is 21.5 Å². The first-order valence-corrected chi connectivity index (χ1v) is 19.1. The predicted molar refractivity (Wildman–Crippen MR) is 206 cm³/mol. The fourth-order valence-electron chi connectivity index (χ4n) is 5.77. The summed E-state index contributed by atoms with van der Waals surface area (Å²) in [4.78, 5) is 20.5. The fraction of sp³-hybridized carbons (Fsp3) is 0.111. The van der Waals surface area contributed by atoms with Crippen LogP contribution in [-0.4, -0.2) is 83.7 Å². The molecule has 18 nitrogen and oxygen atoms in total. The van der Waals surface area contributed by atoms with Crippen molar-refractivity contribution in [3.8, 4) is 11.5 Å². The van der Waals surface area contributed by atoms with E-state index >= 15 is 0 Å². The van der Waals surface area contributed by atoms with E-state index in [0.29, 0.717) is 34.7 Å². The Morgan fingerprint density at radius 2 is 0.895 bits per heavy atom. The molecule has 6 aromatic rings. The third-order valence-corrected chi connectivity index (χ3v) is 10.1. The molecule has 57 heavy (non-hydrogen) atoms. The average molecular weight is 841 g/mol. The Bertz CT molecular complexity index is 2640. The molecule has 0 saturated heterocycles. The molecular formula is C36H28CaN6O12S2. The molecule has 0 atom stereocenters. The van der Waals surface area contributed by atoms with Crippen molar-refractivity contribution in [2.24, 2.45) is 20.5 Å². The molecule has 0 amide bonds. The average Bonchev–Trinajstić information content (AvgIpc) is 3.15. The van der Waals surface area contributed by atoms with Crippen LogP contribution in [0.5, 0.6) is 11.5 Å². The fourth-order valence-corrected chi connectivity index (χ4v) is 7.19. The van der Waals surface area contributed by atoms with E-state index in [2.05, 4.69) is 20.5 Å². The molecule has 6 rings (SSSR count). The number of rotatable bonds is 10. The van der Waals surface area contributed by atoms with Crippen LogP contribution in [0.1, 0.15) is 25.0 Å². The number of aromatic hydroxyl groups is 2. The number of nitro groups is 2. The summed E-state index contributed by atoms with van der Waals surface area (Å²) in [6.07, 6.45) is 0.801. The molecule has 21 heteroatoms. The van der Waals surface area contributed by atoms with Gasteiger partial charge in [-0.05, 0) is 60.0 Å². The number of hydrogen-bond donors (Lipinski definition) is 2. The van der Waals surface area contributed by atoms with Gasteiger partial charge in [0.15, 0.2) is 11.4 Å². The predicted octanol–water partition coefficient (Wildman–Crippen LogP) is 8.29. The minimum Gasteiger partial charge on any atom is -0.744 e. The molecule has 0 aliphatic heterocycles. The maximum atomic E-state index is 11.6. The van der Waals surface area contributed by atoms with Crippen molar-refractivity contribution in [1.82, 2.24) is 0 Å².